The molecule has 1 aromatic rings. The zero-order valence-corrected chi connectivity index (χ0v) is 17.4. The standard InChI is InChI=1S/C21H24N4O7/c22-21(30)32-12-5-7-24(8-6-12)9-10-31-13-1-2-14-15(11-13)20(29)25(19(14)28)16-3-4-17(26)23-18(16)27/h1-2,11-12,16H,3-10H2,(H2,22,30)(H,23,26,27). The maximum absolute atomic E-state index is 12.8. The first-order chi connectivity index (χ1) is 15.3. The molecule has 0 aliphatic carbocycles. The Labute approximate surface area is 183 Å². The lowest BCUT2D eigenvalue weighted by Gasteiger charge is -2.31. The molecule has 1 atom stereocenters. The van der Waals surface area contributed by atoms with E-state index < -0.39 is 35.8 Å². The summed E-state index contributed by atoms with van der Waals surface area (Å²) in [5.41, 5.74) is 5.44. The van der Waals surface area contributed by atoms with E-state index in [-0.39, 0.29) is 30.1 Å². The molecule has 3 heterocycles. The van der Waals surface area contributed by atoms with E-state index >= 15 is 0 Å². The number of piperidine rings is 2. The van der Waals surface area contributed by atoms with Crippen molar-refractivity contribution in [2.45, 2.75) is 37.8 Å². The van der Waals surface area contributed by atoms with Gasteiger partial charge in [0.1, 0.15) is 24.5 Å². The third kappa shape index (κ3) is 4.42. The highest BCUT2D eigenvalue weighted by molar-refractivity contribution is 6.23. The van der Waals surface area contributed by atoms with E-state index in [0.717, 1.165) is 18.0 Å². The quantitative estimate of drug-likeness (QED) is 0.584. The average molecular weight is 444 g/mol. The Kier molecular flexibility index (Phi) is 6.08. The molecule has 5 amide bonds. The number of imide groups is 2. The van der Waals surface area contributed by atoms with Crippen molar-refractivity contribution in [2.24, 2.45) is 5.73 Å². The van der Waals surface area contributed by atoms with Crippen molar-refractivity contribution in [3.05, 3.63) is 29.3 Å². The Balaban J connectivity index is 1.33. The van der Waals surface area contributed by atoms with E-state index in [0.29, 0.717) is 31.7 Å². The van der Waals surface area contributed by atoms with Gasteiger partial charge >= 0.3 is 6.09 Å². The first kappa shape index (κ1) is 21.8. The third-order valence-corrected chi connectivity index (χ3v) is 5.90. The van der Waals surface area contributed by atoms with Crippen molar-refractivity contribution in [1.82, 2.24) is 15.1 Å². The topological polar surface area (TPSA) is 148 Å². The highest BCUT2D eigenvalue weighted by Crippen LogP contribution is 2.30. The predicted molar refractivity (Wildman–Crippen MR) is 109 cm³/mol. The molecule has 0 saturated carbocycles. The molecule has 3 aliphatic rings. The summed E-state index contributed by atoms with van der Waals surface area (Å²) in [4.78, 5) is 63.0. The molecule has 11 nitrogen and oxygen atoms in total. The van der Waals surface area contributed by atoms with Crippen molar-refractivity contribution >= 4 is 29.7 Å². The fourth-order valence-corrected chi connectivity index (χ4v) is 4.25. The number of carbonyl (C=O) groups is 5. The zero-order chi connectivity index (χ0) is 22.8. The summed E-state index contributed by atoms with van der Waals surface area (Å²) >= 11 is 0. The molecule has 0 bridgehead atoms. The molecule has 0 spiro atoms. The number of carbonyl (C=O) groups excluding carboxylic acids is 5. The summed E-state index contributed by atoms with van der Waals surface area (Å²) in [6.45, 7) is 2.52. The zero-order valence-electron chi connectivity index (χ0n) is 17.4. The number of primary amides is 1. The number of hydrogen-bond donors (Lipinski definition) is 2. The van der Waals surface area contributed by atoms with Crippen LogP contribution in [0.5, 0.6) is 5.75 Å². The Morgan fingerprint density at radius 2 is 1.78 bits per heavy atom. The Bertz CT molecular complexity index is 971. The van der Waals surface area contributed by atoms with Crippen LogP contribution < -0.4 is 15.8 Å². The van der Waals surface area contributed by atoms with Crippen LogP contribution in [0.2, 0.25) is 0 Å². The summed E-state index contributed by atoms with van der Waals surface area (Å²) in [6.07, 6.45) is 0.679. The van der Waals surface area contributed by atoms with Gasteiger partial charge in [0, 0.05) is 26.1 Å². The summed E-state index contributed by atoms with van der Waals surface area (Å²) < 4.78 is 10.8. The number of nitrogens with one attached hydrogen (secondary N) is 1. The highest BCUT2D eigenvalue weighted by Gasteiger charge is 2.44. The number of ether oxygens (including phenoxy) is 2. The van der Waals surface area contributed by atoms with Gasteiger partial charge in [-0.05, 0) is 37.5 Å². The first-order valence-electron chi connectivity index (χ1n) is 10.5. The minimum absolute atomic E-state index is 0.0735. The van der Waals surface area contributed by atoms with Gasteiger partial charge in [-0.1, -0.05) is 0 Å². The van der Waals surface area contributed by atoms with Crippen LogP contribution in [0.4, 0.5) is 4.79 Å². The van der Waals surface area contributed by atoms with Crippen molar-refractivity contribution < 1.29 is 33.4 Å². The second-order valence-corrected chi connectivity index (χ2v) is 7.98. The maximum atomic E-state index is 12.8. The van der Waals surface area contributed by atoms with E-state index in [4.69, 9.17) is 15.2 Å². The van der Waals surface area contributed by atoms with Crippen LogP contribution in [-0.2, 0) is 14.3 Å². The highest BCUT2D eigenvalue weighted by atomic mass is 16.6. The van der Waals surface area contributed by atoms with E-state index in [1.165, 1.54) is 12.1 Å². The monoisotopic (exact) mass is 444 g/mol. The van der Waals surface area contributed by atoms with Crippen LogP contribution >= 0.6 is 0 Å². The molecular formula is C21H24N4O7. The van der Waals surface area contributed by atoms with Gasteiger partial charge in [-0.15, -0.1) is 0 Å². The molecule has 2 saturated heterocycles. The summed E-state index contributed by atoms with van der Waals surface area (Å²) in [6, 6.07) is 3.65. The molecule has 3 aliphatic heterocycles. The molecular weight excluding hydrogens is 420 g/mol. The average Bonchev–Trinajstić information content (AvgIpc) is 2.99. The van der Waals surface area contributed by atoms with Gasteiger partial charge < -0.3 is 15.2 Å². The van der Waals surface area contributed by atoms with Crippen LogP contribution in [0.1, 0.15) is 46.4 Å². The van der Waals surface area contributed by atoms with Gasteiger partial charge in [-0.3, -0.25) is 34.3 Å². The van der Waals surface area contributed by atoms with Crippen LogP contribution in [-0.4, -0.2) is 77.9 Å². The number of rotatable bonds is 6. The second-order valence-electron chi connectivity index (χ2n) is 7.98. The van der Waals surface area contributed by atoms with Gasteiger partial charge in [0.25, 0.3) is 11.8 Å². The van der Waals surface area contributed by atoms with Crippen molar-refractivity contribution in [3.63, 3.8) is 0 Å². The van der Waals surface area contributed by atoms with Crippen molar-refractivity contribution in [3.8, 4) is 5.75 Å². The lowest BCUT2D eigenvalue weighted by Crippen LogP contribution is -2.54. The number of benzene rings is 1. The lowest BCUT2D eigenvalue weighted by atomic mass is 10.0. The minimum atomic E-state index is -0.995. The largest absolute Gasteiger partial charge is 0.492 e. The Morgan fingerprint density at radius 1 is 1.06 bits per heavy atom. The number of hydrogen-bond acceptors (Lipinski definition) is 8. The van der Waals surface area contributed by atoms with Crippen LogP contribution in [0, 0.1) is 0 Å². The number of fused-ring (bicyclic) bond motifs is 1. The van der Waals surface area contributed by atoms with Gasteiger partial charge in [-0.25, -0.2) is 4.79 Å². The fourth-order valence-electron chi connectivity index (χ4n) is 4.25. The number of likely N-dealkylation sites (tertiary alicyclic amines) is 1. The van der Waals surface area contributed by atoms with E-state index in [1.54, 1.807) is 6.07 Å². The number of nitrogens with two attached hydrogens (primary N) is 1. The Morgan fingerprint density at radius 3 is 2.47 bits per heavy atom. The first-order valence-corrected chi connectivity index (χ1v) is 10.5. The fraction of sp³-hybridized carbons (Fsp3) is 0.476. The molecule has 0 radical (unpaired) electrons. The minimum Gasteiger partial charge on any atom is -0.492 e. The number of nitrogens with zero attached hydrogens (tertiary/aromatic N) is 2. The molecule has 32 heavy (non-hydrogen) atoms. The maximum Gasteiger partial charge on any atom is 0.404 e. The van der Waals surface area contributed by atoms with Crippen molar-refractivity contribution in [1.29, 1.82) is 0 Å². The molecule has 170 valence electrons. The molecule has 1 unspecified atom stereocenters. The molecule has 4 rings (SSSR count). The molecule has 1 aromatic carbocycles. The lowest BCUT2D eigenvalue weighted by molar-refractivity contribution is -0.136. The Hall–Kier alpha value is -3.47. The van der Waals surface area contributed by atoms with Gasteiger partial charge in [0.15, 0.2) is 0 Å². The second kappa shape index (κ2) is 8.95. The van der Waals surface area contributed by atoms with E-state index in [1.807, 2.05) is 0 Å². The molecule has 11 heteroatoms. The summed E-state index contributed by atoms with van der Waals surface area (Å²) in [7, 11) is 0. The summed E-state index contributed by atoms with van der Waals surface area (Å²) in [5.74, 6) is -1.73. The molecule has 0 aromatic heterocycles. The summed E-state index contributed by atoms with van der Waals surface area (Å²) in [5, 5.41) is 2.17. The van der Waals surface area contributed by atoms with E-state index in [9.17, 15) is 24.0 Å². The van der Waals surface area contributed by atoms with Gasteiger partial charge in [0.2, 0.25) is 11.8 Å². The van der Waals surface area contributed by atoms with E-state index in [2.05, 4.69) is 10.2 Å². The van der Waals surface area contributed by atoms with Crippen molar-refractivity contribution in [2.75, 3.05) is 26.2 Å². The van der Waals surface area contributed by atoms with Crippen LogP contribution in [0.25, 0.3) is 0 Å². The third-order valence-electron chi connectivity index (χ3n) is 5.90. The molecule has 3 N–H and O–H groups in total. The van der Waals surface area contributed by atoms with Gasteiger partial charge in [0.05, 0.1) is 11.1 Å². The van der Waals surface area contributed by atoms with Crippen LogP contribution in [0.15, 0.2) is 18.2 Å². The normalized spacial score (nSPS) is 22.0. The van der Waals surface area contributed by atoms with Gasteiger partial charge in [-0.2, -0.15) is 0 Å². The smallest absolute Gasteiger partial charge is 0.404 e. The number of amides is 5. The predicted octanol–water partition coefficient (Wildman–Crippen LogP) is 0.0263. The SMILES string of the molecule is NC(=O)OC1CCN(CCOc2ccc3c(c2)C(=O)N(C2CCC(=O)NC2=O)C3=O)CC1. The van der Waals surface area contributed by atoms with Crippen LogP contribution in [0.3, 0.4) is 0 Å². The molecule has 2 fully saturated rings.